The van der Waals surface area contributed by atoms with E-state index in [-0.39, 0.29) is 11.7 Å². The number of carbonyl (C=O) groups is 1. The second kappa shape index (κ2) is 8.89. The molecule has 0 aliphatic rings. The van der Waals surface area contributed by atoms with Gasteiger partial charge < -0.3 is 10.6 Å². The minimum atomic E-state index is -0.227. The average molecular weight is 301 g/mol. The van der Waals surface area contributed by atoms with E-state index in [9.17, 15) is 9.18 Å². The molecule has 1 amide bonds. The van der Waals surface area contributed by atoms with E-state index in [1.165, 1.54) is 6.07 Å². The number of aromatic nitrogens is 1. The summed E-state index contributed by atoms with van der Waals surface area (Å²) >= 11 is 0. The van der Waals surface area contributed by atoms with Crippen LogP contribution in [-0.4, -0.2) is 24.0 Å². The van der Waals surface area contributed by atoms with Gasteiger partial charge in [0.25, 0.3) is 0 Å². The van der Waals surface area contributed by atoms with E-state index < -0.39 is 0 Å². The van der Waals surface area contributed by atoms with Gasteiger partial charge in [-0.3, -0.25) is 9.78 Å². The van der Waals surface area contributed by atoms with Crippen LogP contribution in [0.3, 0.4) is 0 Å². The molecule has 0 aliphatic carbocycles. The molecule has 0 spiro atoms. The van der Waals surface area contributed by atoms with Gasteiger partial charge in [-0.2, -0.15) is 0 Å². The third kappa shape index (κ3) is 5.61. The van der Waals surface area contributed by atoms with Crippen molar-refractivity contribution in [3.63, 3.8) is 0 Å². The molecule has 22 heavy (non-hydrogen) atoms. The molecule has 1 heterocycles. The number of pyridine rings is 1. The molecule has 2 aromatic rings. The lowest BCUT2D eigenvalue weighted by molar-refractivity contribution is -0.120. The van der Waals surface area contributed by atoms with Gasteiger partial charge in [-0.25, -0.2) is 4.39 Å². The summed E-state index contributed by atoms with van der Waals surface area (Å²) in [6.45, 7) is 1.74. The molecular weight excluding hydrogens is 281 g/mol. The third-order valence-electron chi connectivity index (χ3n) is 3.26. The lowest BCUT2D eigenvalue weighted by Gasteiger charge is -2.07. The van der Waals surface area contributed by atoms with E-state index in [4.69, 9.17) is 0 Å². The van der Waals surface area contributed by atoms with Crippen LogP contribution in [0.1, 0.15) is 17.5 Å². The van der Waals surface area contributed by atoms with Gasteiger partial charge in [-0.05, 0) is 29.7 Å². The molecule has 0 bridgehead atoms. The SMILES string of the molecule is O=C(CCNCc1cccnc1)NCCc1ccccc1F. The van der Waals surface area contributed by atoms with Gasteiger partial charge in [-0.15, -0.1) is 0 Å². The Morgan fingerprint density at radius 3 is 2.77 bits per heavy atom. The van der Waals surface area contributed by atoms with Gasteiger partial charge in [0.15, 0.2) is 0 Å². The van der Waals surface area contributed by atoms with E-state index in [1.807, 2.05) is 12.1 Å². The fraction of sp³-hybridized carbons (Fsp3) is 0.294. The van der Waals surface area contributed by atoms with Crippen LogP contribution in [0.15, 0.2) is 48.8 Å². The van der Waals surface area contributed by atoms with Crippen molar-refractivity contribution in [3.8, 4) is 0 Å². The zero-order valence-corrected chi connectivity index (χ0v) is 12.4. The fourth-order valence-corrected chi connectivity index (χ4v) is 2.06. The number of benzene rings is 1. The minimum absolute atomic E-state index is 0.0324. The van der Waals surface area contributed by atoms with Gasteiger partial charge in [0.05, 0.1) is 0 Å². The molecule has 0 saturated heterocycles. The Labute approximate surface area is 129 Å². The fourth-order valence-electron chi connectivity index (χ4n) is 2.06. The predicted molar refractivity (Wildman–Crippen MR) is 83.7 cm³/mol. The van der Waals surface area contributed by atoms with Gasteiger partial charge in [0, 0.05) is 38.4 Å². The Hall–Kier alpha value is -2.27. The Morgan fingerprint density at radius 2 is 2.00 bits per heavy atom. The van der Waals surface area contributed by atoms with Crippen molar-refractivity contribution < 1.29 is 9.18 Å². The molecule has 5 heteroatoms. The first-order valence-corrected chi connectivity index (χ1v) is 7.35. The van der Waals surface area contributed by atoms with Gasteiger partial charge in [-0.1, -0.05) is 24.3 Å². The molecule has 0 radical (unpaired) electrons. The molecule has 0 aliphatic heterocycles. The van der Waals surface area contributed by atoms with Gasteiger partial charge in [0.2, 0.25) is 5.91 Å². The number of hydrogen-bond donors (Lipinski definition) is 2. The molecule has 1 aromatic carbocycles. The van der Waals surface area contributed by atoms with E-state index in [0.717, 1.165) is 5.56 Å². The monoisotopic (exact) mass is 301 g/mol. The van der Waals surface area contributed by atoms with Crippen molar-refractivity contribution in [2.75, 3.05) is 13.1 Å². The predicted octanol–water partition coefficient (Wildman–Crippen LogP) is 2.06. The summed E-state index contributed by atoms with van der Waals surface area (Å²) in [7, 11) is 0. The Kier molecular flexibility index (Phi) is 6.51. The summed E-state index contributed by atoms with van der Waals surface area (Å²) in [5, 5.41) is 5.99. The van der Waals surface area contributed by atoms with E-state index in [0.29, 0.717) is 38.0 Å². The molecule has 0 saturated carbocycles. The molecule has 2 rings (SSSR count). The zero-order chi connectivity index (χ0) is 15.6. The maximum atomic E-state index is 13.4. The number of carbonyl (C=O) groups excluding carboxylic acids is 1. The van der Waals surface area contributed by atoms with Crippen LogP contribution in [-0.2, 0) is 17.8 Å². The summed E-state index contributed by atoms with van der Waals surface area (Å²) < 4.78 is 13.4. The van der Waals surface area contributed by atoms with Crippen LogP contribution in [0.5, 0.6) is 0 Å². The van der Waals surface area contributed by atoms with Crippen LogP contribution in [0, 0.1) is 5.82 Å². The van der Waals surface area contributed by atoms with Crippen molar-refractivity contribution >= 4 is 5.91 Å². The molecule has 0 unspecified atom stereocenters. The first-order chi connectivity index (χ1) is 10.8. The van der Waals surface area contributed by atoms with Crippen molar-refractivity contribution in [1.82, 2.24) is 15.6 Å². The molecule has 2 N–H and O–H groups in total. The highest BCUT2D eigenvalue weighted by Crippen LogP contribution is 2.06. The number of hydrogen-bond acceptors (Lipinski definition) is 3. The zero-order valence-electron chi connectivity index (χ0n) is 12.4. The lowest BCUT2D eigenvalue weighted by atomic mass is 10.1. The molecule has 4 nitrogen and oxygen atoms in total. The van der Waals surface area contributed by atoms with Crippen LogP contribution in [0.25, 0.3) is 0 Å². The first kappa shape index (κ1) is 16.1. The highest BCUT2D eigenvalue weighted by Gasteiger charge is 2.03. The summed E-state index contributed by atoms with van der Waals surface area (Å²) in [6, 6.07) is 10.5. The smallest absolute Gasteiger partial charge is 0.221 e. The van der Waals surface area contributed by atoms with E-state index >= 15 is 0 Å². The van der Waals surface area contributed by atoms with Gasteiger partial charge >= 0.3 is 0 Å². The second-order valence-corrected chi connectivity index (χ2v) is 4.98. The largest absolute Gasteiger partial charge is 0.356 e. The number of amides is 1. The van der Waals surface area contributed by atoms with E-state index in [1.54, 1.807) is 30.6 Å². The number of rotatable bonds is 8. The van der Waals surface area contributed by atoms with Crippen LogP contribution in [0.4, 0.5) is 4.39 Å². The molecule has 0 fully saturated rings. The third-order valence-corrected chi connectivity index (χ3v) is 3.26. The van der Waals surface area contributed by atoms with Crippen LogP contribution in [0.2, 0.25) is 0 Å². The number of halogens is 1. The average Bonchev–Trinajstić information content (AvgIpc) is 2.54. The summed E-state index contributed by atoms with van der Waals surface area (Å²) in [6.07, 6.45) is 4.42. The Balaban J connectivity index is 1.57. The maximum Gasteiger partial charge on any atom is 0.221 e. The summed E-state index contributed by atoms with van der Waals surface area (Å²) in [5.41, 5.74) is 1.71. The minimum Gasteiger partial charge on any atom is -0.356 e. The van der Waals surface area contributed by atoms with Crippen molar-refractivity contribution in [3.05, 3.63) is 65.7 Å². The number of nitrogens with one attached hydrogen (secondary N) is 2. The normalized spacial score (nSPS) is 10.4. The number of nitrogens with zero attached hydrogens (tertiary/aromatic N) is 1. The standard InChI is InChI=1S/C17H20FN3O/c18-16-6-2-1-5-15(16)7-11-21-17(22)8-10-20-13-14-4-3-9-19-12-14/h1-6,9,12,20H,7-8,10-11,13H2,(H,21,22). The highest BCUT2D eigenvalue weighted by molar-refractivity contribution is 5.76. The second-order valence-electron chi connectivity index (χ2n) is 4.98. The van der Waals surface area contributed by atoms with Crippen LogP contribution >= 0.6 is 0 Å². The molecule has 1 aromatic heterocycles. The Morgan fingerprint density at radius 1 is 1.14 bits per heavy atom. The van der Waals surface area contributed by atoms with Crippen molar-refractivity contribution in [2.45, 2.75) is 19.4 Å². The maximum absolute atomic E-state index is 13.4. The Bertz CT molecular complexity index is 589. The van der Waals surface area contributed by atoms with E-state index in [2.05, 4.69) is 15.6 Å². The van der Waals surface area contributed by atoms with Crippen molar-refractivity contribution in [2.24, 2.45) is 0 Å². The molecule has 116 valence electrons. The first-order valence-electron chi connectivity index (χ1n) is 7.35. The quantitative estimate of drug-likeness (QED) is 0.734. The van der Waals surface area contributed by atoms with Crippen molar-refractivity contribution in [1.29, 1.82) is 0 Å². The van der Waals surface area contributed by atoms with Crippen LogP contribution < -0.4 is 10.6 Å². The van der Waals surface area contributed by atoms with Gasteiger partial charge in [0.1, 0.15) is 5.82 Å². The topological polar surface area (TPSA) is 54.0 Å². The highest BCUT2D eigenvalue weighted by atomic mass is 19.1. The molecular formula is C17H20FN3O. The molecule has 0 atom stereocenters. The summed E-state index contributed by atoms with van der Waals surface area (Å²) in [5.74, 6) is -0.259. The lowest BCUT2D eigenvalue weighted by Crippen LogP contribution is -2.29. The summed E-state index contributed by atoms with van der Waals surface area (Å²) in [4.78, 5) is 15.7.